The monoisotopic (exact) mass is 343 g/mol. The van der Waals surface area contributed by atoms with Crippen LogP contribution in [0.5, 0.6) is 5.75 Å². The number of rotatable bonds is 6. The number of benzene rings is 1. The molecule has 1 aromatic carbocycles. The Kier molecular flexibility index (Phi) is 5.07. The van der Waals surface area contributed by atoms with E-state index in [1.165, 1.54) is 6.26 Å². The Morgan fingerprint density at radius 2 is 2.12 bits per heavy atom. The Morgan fingerprint density at radius 3 is 2.80 bits per heavy atom. The Hall–Kier alpha value is -2.76. The van der Waals surface area contributed by atoms with Crippen LogP contribution in [0.25, 0.3) is 0 Å². The Balaban J connectivity index is 1.75. The van der Waals surface area contributed by atoms with E-state index in [4.69, 9.17) is 9.15 Å². The van der Waals surface area contributed by atoms with Gasteiger partial charge in [0.2, 0.25) is 5.91 Å². The number of carboxylic acids is 1. The molecule has 6 heteroatoms. The summed E-state index contributed by atoms with van der Waals surface area (Å²) in [4.78, 5) is 25.6. The van der Waals surface area contributed by atoms with E-state index in [9.17, 15) is 14.7 Å². The number of amides is 1. The molecular weight excluding hydrogens is 322 g/mol. The number of carboxylic acid groups (broad SMARTS) is 1. The molecule has 1 amide bonds. The number of ether oxygens (including phenoxy) is 1. The molecule has 0 bridgehead atoms. The van der Waals surface area contributed by atoms with Crippen molar-refractivity contribution in [2.45, 2.75) is 25.8 Å². The molecule has 1 saturated heterocycles. The summed E-state index contributed by atoms with van der Waals surface area (Å²) in [6, 6.07) is 10.5. The second-order valence-electron chi connectivity index (χ2n) is 6.14. The van der Waals surface area contributed by atoms with Crippen molar-refractivity contribution < 1.29 is 23.8 Å². The molecule has 0 aliphatic carbocycles. The standard InChI is InChI=1S/C19H21NO5/c1-13-5-2-3-6-15(13)25-12-10-20-17(21)9-8-14(19(22)23)18(20)16-7-4-11-24-16/h2-7,11,14,18H,8-10,12H2,1H3,(H,22,23). The predicted molar refractivity (Wildman–Crippen MR) is 90.2 cm³/mol. The molecule has 1 aromatic heterocycles. The first kappa shape index (κ1) is 17.1. The summed E-state index contributed by atoms with van der Waals surface area (Å²) in [7, 11) is 0. The Bertz CT molecular complexity index is 740. The molecule has 25 heavy (non-hydrogen) atoms. The highest BCUT2D eigenvalue weighted by Gasteiger charge is 2.42. The number of furan rings is 1. The SMILES string of the molecule is Cc1ccccc1OCCN1C(=O)CCC(C(=O)O)C1c1ccco1. The van der Waals surface area contributed by atoms with Crippen molar-refractivity contribution in [2.75, 3.05) is 13.2 Å². The summed E-state index contributed by atoms with van der Waals surface area (Å²) in [6.07, 6.45) is 2.03. The molecule has 0 radical (unpaired) electrons. The molecule has 0 spiro atoms. The predicted octanol–water partition coefficient (Wildman–Crippen LogP) is 3.03. The van der Waals surface area contributed by atoms with Gasteiger partial charge in [0.1, 0.15) is 24.2 Å². The number of piperidine rings is 1. The quantitative estimate of drug-likeness (QED) is 0.872. The Labute approximate surface area is 146 Å². The first-order chi connectivity index (χ1) is 12.1. The first-order valence-corrected chi connectivity index (χ1v) is 8.32. The largest absolute Gasteiger partial charge is 0.491 e. The van der Waals surface area contributed by atoms with Crippen molar-refractivity contribution in [2.24, 2.45) is 5.92 Å². The normalized spacial score (nSPS) is 20.5. The fourth-order valence-corrected chi connectivity index (χ4v) is 3.26. The third kappa shape index (κ3) is 3.68. The molecule has 132 valence electrons. The zero-order chi connectivity index (χ0) is 17.8. The highest BCUT2D eigenvalue weighted by Crippen LogP contribution is 2.37. The number of hydrogen-bond donors (Lipinski definition) is 1. The van der Waals surface area contributed by atoms with Crippen LogP contribution >= 0.6 is 0 Å². The minimum absolute atomic E-state index is 0.0766. The van der Waals surface area contributed by atoms with Crippen molar-refractivity contribution in [3.8, 4) is 5.75 Å². The zero-order valence-electron chi connectivity index (χ0n) is 14.1. The molecular formula is C19H21NO5. The van der Waals surface area contributed by atoms with Crippen LogP contribution in [-0.2, 0) is 9.59 Å². The topological polar surface area (TPSA) is 80.0 Å². The molecule has 2 atom stereocenters. The number of carbonyl (C=O) groups is 2. The zero-order valence-corrected chi connectivity index (χ0v) is 14.1. The second kappa shape index (κ2) is 7.42. The third-order valence-corrected chi connectivity index (χ3v) is 4.54. The van der Waals surface area contributed by atoms with Gasteiger partial charge in [0.05, 0.1) is 18.7 Å². The minimum atomic E-state index is -0.918. The lowest BCUT2D eigenvalue weighted by molar-refractivity contribution is -0.153. The van der Waals surface area contributed by atoms with Gasteiger partial charge in [-0.1, -0.05) is 18.2 Å². The van der Waals surface area contributed by atoms with Gasteiger partial charge < -0.3 is 19.2 Å². The van der Waals surface area contributed by atoms with Gasteiger partial charge in [-0.05, 0) is 37.1 Å². The van der Waals surface area contributed by atoms with Crippen LogP contribution in [-0.4, -0.2) is 35.0 Å². The van der Waals surface area contributed by atoms with Crippen LogP contribution in [0.15, 0.2) is 47.1 Å². The molecule has 0 saturated carbocycles. The second-order valence-corrected chi connectivity index (χ2v) is 6.14. The van der Waals surface area contributed by atoms with Gasteiger partial charge in [0.15, 0.2) is 0 Å². The molecule has 2 heterocycles. The van der Waals surface area contributed by atoms with Crippen molar-refractivity contribution in [1.82, 2.24) is 4.90 Å². The smallest absolute Gasteiger partial charge is 0.309 e. The van der Waals surface area contributed by atoms with Crippen LogP contribution in [0, 0.1) is 12.8 Å². The fraction of sp³-hybridized carbons (Fsp3) is 0.368. The van der Waals surface area contributed by atoms with Gasteiger partial charge in [-0.2, -0.15) is 0 Å². The van der Waals surface area contributed by atoms with E-state index in [0.29, 0.717) is 25.3 Å². The van der Waals surface area contributed by atoms with Gasteiger partial charge in [0, 0.05) is 6.42 Å². The number of aryl methyl sites for hydroxylation is 1. The molecule has 2 unspecified atom stereocenters. The summed E-state index contributed by atoms with van der Waals surface area (Å²) in [5, 5.41) is 9.54. The van der Waals surface area contributed by atoms with Crippen LogP contribution in [0.1, 0.15) is 30.2 Å². The summed E-state index contributed by atoms with van der Waals surface area (Å²) < 4.78 is 11.2. The van der Waals surface area contributed by atoms with Crippen LogP contribution in [0.3, 0.4) is 0 Å². The molecule has 1 fully saturated rings. The molecule has 1 N–H and O–H groups in total. The molecule has 2 aromatic rings. The van der Waals surface area contributed by atoms with Crippen molar-refractivity contribution in [1.29, 1.82) is 0 Å². The Morgan fingerprint density at radius 1 is 1.32 bits per heavy atom. The van der Waals surface area contributed by atoms with Gasteiger partial charge in [0.25, 0.3) is 0 Å². The van der Waals surface area contributed by atoms with Gasteiger partial charge in [-0.15, -0.1) is 0 Å². The van der Waals surface area contributed by atoms with Gasteiger partial charge in [-0.3, -0.25) is 9.59 Å². The van der Waals surface area contributed by atoms with E-state index in [1.54, 1.807) is 17.0 Å². The fourth-order valence-electron chi connectivity index (χ4n) is 3.26. The number of carbonyl (C=O) groups excluding carboxylic acids is 1. The highest BCUT2D eigenvalue weighted by atomic mass is 16.5. The van der Waals surface area contributed by atoms with E-state index < -0.39 is 17.9 Å². The van der Waals surface area contributed by atoms with E-state index in [-0.39, 0.29) is 12.3 Å². The summed E-state index contributed by atoms with van der Waals surface area (Å²) >= 11 is 0. The highest BCUT2D eigenvalue weighted by molar-refractivity contribution is 5.81. The van der Waals surface area contributed by atoms with Crippen LogP contribution in [0.4, 0.5) is 0 Å². The molecule has 6 nitrogen and oxygen atoms in total. The molecule has 1 aliphatic rings. The molecule has 1 aliphatic heterocycles. The maximum atomic E-state index is 12.4. The van der Waals surface area contributed by atoms with E-state index >= 15 is 0 Å². The number of nitrogens with zero attached hydrogens (tertiary/aromatic N) is 1. The maximum absolute atomic E-state index is 12.4. The van der Waals surface area contributed by atoms with E-state index in [0.717, 1.165) is 11.3 Å². The van der Waals surface area contributed by atoms with Crippen molar-refractivity contribution in [3.05, 3.63) is 54.0 Å². The lowest BCUT2D eigenvalue weighted by Gasteiger charge is -2.38. The summed E-state index contributed by atoms with van der Waals surface area (Å²) in [5.74, 6) is -0.416. The van der Waals surface area contributed by atoms with Gasteiger partial charge >= 0.3 is 5.97 Å². The van der Waals surface area contributed by atoms with Crippen LogP contribution < -0.4 is 4.74 Å². The molecule has 3 rings (SSSR count). The lowest BCUT2D eigenvalue weighted by Crippen LogP contribution is -2.46. The lowest BCUT2D eigenvalue weighted by atomic mass is 9.87. The van der Waals surface area contributed by atoms with Crippen molar-refractivity contribution >= 4 is 11.9 Å². The number of aliphatic carboxylic acids is 1. The van der Waals surface area contributed by atoms with Gasteiger partial charge in [-0.25, -0.2) is 0 Å². The minimum Gasteiger partial charge on any atom is -0.491 e. The maximum Gasteiger partial charge on any atom is 0.309 e. The van der Waals surface area contributed by atoms with E-state index in [2.05, 4.69) is 0 Å². The van der Waals surface area contributed by atoms with Crippen LogP contribution in [0.2, 0.25) is 0 Å². The van der Waals surface area contributed by atoms with E-state index in [1.807, 2.05) is 31.2 Å². The number of likely N-dealkylation sites (tertiary alicyclic amines) is 1. The average Bonchev–Trinajstić information content (AvgIpc) is 3.11. The third-order valence-electron chi connectivity index (χ3n) is 4.54. The first-order valence-electron chi connectivity index (χ1n) is 8.32. The van der Waals surface area contributed by atoms with Crippen molar-refractivity contribution in [3.63, 3.8) is 0 Å². The summed E-state index contributed by atoms with van der Waals surface area (Å²) in [6.45, 7) is 2.55. The summed E-state index contributed by atoms with van der Waals surface area (Å²) in [5.41, 5.74) is 1.01. The number of para-hydroxylation sites is 1. The number of hydrogen-bond acceptors (Lipinski definition) is 4. The average molecular weight is 343 g/mol.